The Morgan fingerprint density at radius 2 is 1.75 bits per heavy atom. The molecule has 3 rings (SSSR count). The van der Waals surface area contributed by atoms with Crippen molar-refractivity contribution in [2.75, 3.05) is 6.61 Å². The molecule has 1 amide bonds. The summed E-state index contributed by atoms with van der Waals surface area (Å²) in [6.07, 6.45) is 1.49. The van der Waals surface area contributed by atoms with Gasteiger partial charge in [0, 0.05) is 4.47 Å². The van der Waals surface area contributed by atoms with E-state index in [0.29, 0.717) is 16.4 Å². The minimum absolute atomic E-state index is 0.142. The summed E-state index contributed by atoms with van der Waals surface area (Å²) in [5.74, 6) is 0.257. The molecule has 28 heavy (non-hydrogen) atoms. The molecule has 0 bridgehead atoms. The average Bonchev–Trinajstić information content (AvgIpc) is 3.24. The zero-order valence-electron chi connectivity index (χ0n) is 14.5. The highest BCUT2D eigenvalue weighted by atomic mass is 79.9. The van der Waals surface area contributed by atoms with Crippen molar-refractivity contribution in [3.05, 3.63) is 81.0 Å². The number of hydrazone groups is 1. The van der Waals surface area contributed by atoms with Gasteiger partial charge in [0.05, 0.1) is 6.21 Å². The van der Waals surface area contributed by atoms with Gasteiger partial charge >= 0.3 is 5.97 Å². The lowest BCUT2D eigenvalue weighted by molar-refractivity contribution is -0.123. The predicted octanol–water partition coefficient (Wildman–Crippen LogP) is 4.26. The smallest absolute Gasteiger partial charge is 0.353 e. The van der Waals surface area contributed by atoms with Crippen LogP contribution in [-0.2, 0) is 4.79 Å². The summed E-state index contributed by atoms with van der Waals surface area (Å²) < 4.78 is 11.6. The maximum absolute atomic E-state index is 11.9. The Bertz CT molecular complexity index is 955. The molecule has 0 aliphatic heterocycles. The lowest BCUT2D eigenvalue weighted by Crippen LogP contribution is -2.24. The van der Waals surface area contributed by atoms with Crippen molar-refractivity contribution in [1.82, 2.24) is 5.43 Å². The number of hydrogen-bond acceptors (Lipinski definition) is 6. The molecule has 0 fully saturated rings. The van der Waals surface area contributed by atoms with Crippen LogP contribution in [0.3, 0.4) is 0 Å². The van der Waals surface area contributed by atoms with Gasteiger partial charge in [-0.1, -0.05) is 22.0 Å². The number of thiophene rings is 1. The van der Waals surface area contributed by atoms with Gasteiger partial charge in [0.1, 0.15) is 16.4 Å². The Kier molecular flexibility index (Phi) is 6.94. The van der Waals surface area contributed by atoms with Crippen LogP contribution in [0.1, 0.15) is 15.2 Å². The molecule has 3 aromatic rings. The molecule has 142 valence electrons. The third kappa shape index (κ3) is 6.04. The van der Waals surface area contributed by atoms with Crippen molar-refractivity contribution in [3.63, 3.8) is 0 Å². The number of amides is 1. The van der Waals surface area contributed by atoms with E-state index in [0.717, 1.165) is 10.0 Å². The molecule has 0 unspecified atom stereocenters. The number of carbonyl (C=O) groups is 2. The van der Waals surface area contributed by atoms with E-state index < -0.39 is 5.97 Å². The lowest BCUT2D eigenvalue weighted by atomic mass is 10.2. The number of benzene rings is 2. The molecule has 1 N–H and O–H groups in total. The first kappa shape index (κ1) is 19.8. The third-order valence-corrected chi connectivity index (χ3v) is 4.78. The second-order valence-corrected chi connectivity index (χ2v) is 7.34. The van der Waals surface area contributed by atoms with Gasteiger partial charge in [-0.3, -0.25) is 4.79 Å². The molecule has 0 spiro atoms. The number of rotatable bonds is 7. The standard InChI is InChI=1S/C20H15BrN2O4S/c21-15-5-9-16(10-6-15)26-13-19(24)23-22-12-14-3-7-17(8-4-14)27-20(25)18-2-1-11-28-18/h1-12H,13H2,(H,23,24). The van der Waals surface area contributed by atoms with E-state index in [-0.39, 0.29) is 12.5 Å². The Morgan fingerprint density at radius 1 is 1.04 bits per heavy atom. The fraction of sp³-hybridized carbons (Fsp3) is 0.0500. The van der Waals surface area contributed by atoms with E-state index >= 15 is 0 Å². The topological polar surface area (TPSA) is 77.0 Å². The highest BCUT2D eigenvalue weighted by Crippen LogP contribution is 2.17. The molecule has 2 aromatic carbocycles. The second kappa shape index (κ2) is 9.82. The molecule has 0 saturated heterocycles. The quantitative estimate of drug-likeness (QED) is 0.248. The van der Waals surface area contributed by atoms with Crippen LogP contribution in [0.5, 0.6) is 11.5 Å². The molecule has 0 aliphatic rings. The molecule has 0 radical (unpaired) electrons. The Balaban J connectivity index is 1.44. The van der Waals surface area contributed by atoms with Crippen molar-refractivity contribution < 1.29 is 19.1 Å². The van der Waals surface area contributed by atoms with Crippen LogP contribution in [0, 0.1) is 0 Å². The van der Waals surface area contributed by atoms with Crippen LogP contribution in [0.15, 0.2) is 75.6 Å². The minimum atomic E-state index is -0.394. The Hall–Kier alpha value is -2.97. The predicted molar refractivity (Wildman–Crippen MR) is 111 cm³/mol. The van der Waals surface area contributed by atoms with Gasteiger partial charge in [0.15, 0.2) is 6.61 Å². The first-order chi connectivity index (χ1) is 13.6. The Labute approximate surface area is 173 Å². The highest BCUT2D eigenvalue weighted by Gasteiger charge is 2.09. The number of hydrogen-bond donors (Lipinski definition) is 1. The summed E-state index contributed by atoms with van der Waals surface area (Å²) in [4.78, 5) is 24.2. The molecular formula is C20H15BrN2O4S. The zero-order valence-corrected chi connectivity index (χ0v) is 16.9. The van der Waals surface area contributed by atoms with E-state index in [1.54, 1.807) is 48.5 Å². The molecular weight excluding hydrogens is 444 g/mol. The minimum Gasteiger partial charge on any atom is -0.484 e. The summed E-state index contributed by atoms with van der Waals surface area (Å²) in [6, 6.07) is 17.4. The number of halogens is 1. The third-order valence-electron chi connectivity index (χ3n) is 3.40. The zero-order chi connectivity index (χ0) is 19.8. The van der Waals surface area contributed by atoms with E-state index in [1.807, 2.05) is 17.5 Å². The van der Waals surface area contributed by atoms with Crippen molar-refractivity contribution in [3.8, 4) is 11.5 Å². The van der Waals surface area contributed by atoms with Crippen LogP contribution >= 0.6 is 27.3 Å². The van der Waals surface area contributed by atoms with Gasteiger partial charge in [0.2, 0.25) is 0 Å². The van der Waals surface area contributed by atoms with Crippen LogP contribution in [-0.4, -0.2) is 24.7 Å². The second-order valence-electron chi connectivity index (χ2n) is 5.47. The van der Waals surface area contributed by atoms with Crippen molar-refractivity contribution >= 4 is 45.4 Å². The summed E-state index contributed by atoms with van der Waals surface area (Å²) >= 11 is 4.65. The van der Waals surface area contributed by atoms with Gasteiger partial charge in [-0.15, -0.1) is 11.3 Å². The van der Waals surface area contributed by atoms with Gasteiger partial charge in [-0.2, -0.15) is 5.10 Å². The van der Waals surface area contributed by atoms with Crippen LogP contribution in [0.2, 0.25) is 0 Å². The number of nitrogens with one attached hydrogen (secondary N) is 1. The number of ether oxygens (including phenoxy) is 2. The Morgan fingerprint density at radius 3 is 2.43 bits per heavy atom. The number of esters is 1. The van der Waals surface area contributed by atoms with Crippen LogP contribution in [0.4, 0.5) is 0 Å². The van der Waals surface area contributed by atoms with Crippen LogP contribution in [0.25, 0.3) is 0 Å². The highest BCUT2D eigenvalue weighted by molar-refractivity contribution is 9.10. The maximum atomic E-state index is 11.9. The van der Waals surface area contributed by atoms with Crippen molar-refractivity contribution in [2.24, 2.45) is 5.10 Å². The van der Waals surface area contributed by atoms with E-state index in [9.17, 15) is 9.59 Å². The fourth-order valence-electron chi connectivity index (χ4n) is 2.06. The molecule has 6 nitrogen and oxygen atoms in total. The number of nitrogens with zero attached hydrogens (tertiary/aromatic N) is 1. The summed E-state index contributed by atoms with van der Waals surface area (Å²) in [5, 5.41) is 5.69. The SMILES string of the molecule is O=C(COc1ccc(Br)cc1)NN=Cc1ccc(OC(=O)c2cccs2)cc1. The summed E-state index contributed by atoms with van der Waals surface area (Å²) in [5.41, 5.74) is 3.13. The largest absolute Gasteiger partial charge is 0.484 e. The molecule has 0 saturated carbocycles. The average molecular weight is 459 g/mol. The molecule has 0 aliphatic carbocycles. The van der Waals surface area contributed by atoms with Gasteiger partial charge in [0.25, 0.3) is 5.91 Å². The van der Waals surface area contributed by atoms with E-state index in [4.69, 9.17) is 9.47 Å². The summed E-state index contributed by atoms with van der Waals surface area (Å²) in [6.45, 7) is -0.142. The first-order valence-corrected chi connectivity index (χ1v) is 9.83. The normalized spacial score (nSPS) is 10.6. The fourth-order valence-corrected chi connectivity index (χ4v) is 2.93. The van der Waals surface area contributed by atoms with E-state index in [2.05, 4.69) is 26.5 Å². The summed E-state index contributed by atoms with van der Waals surface area (Å²) in [7, 11) is 0. The maximum Gasteiger partial charge on any atom is 0.353 e. The molecule has 1 heterocycles. The molecule has 0 atom stereocenters. The lowest BCUT2D eigenvalue weighted by Gasteiger charge is -2.05. The number of carbonyl (C=O) groups excluding carboxylic acids is 2. The van der Waals surface area contributed by atoms with Gasteiger partial charge in [-0.05, 0) is 65.5 Å². The van der Waals surface area contributed by atoms with Crippen LogP contribution < -0.4 is 14.9 Å². The monoisotopic (exact) mass is 458 g/mol. The van der Waals surface area contributed by atoms with Crippen molar-refractivity contribution in [2.45, 2.75) is 0 Å². The van der Waals surface area contributed by atoms with Gasteiger partial charge < -0.3 is 9.47 Å². The molecule has 8 heteroatoms. The van der Waals surface area contributed by atoms with E-state index in [1.165, 1.54) is 17.6 Å². The van der Waals surface area contributed by atoms with Crippen molar-refractivity contribution in [1.29, 1.82) is 0 Å². The van der Waals surface area contributed by atoms with Gasteiger partial charge in [-0.25, -0.2) is 10.2 Å². The molecule has 1 aromatic heterocycles. The first-order valence-electron chi connectivity index (χ1n) is 8.16.